The van der Waals surface area contributed by atoms with Crippen LogP contribution in [-0.4, -0.2) is 204 Å². The van der Waals surface area contributed by atoms with E-state index in [1.54, 1.807) is 48.5 Å². The minimum Gasteiger partial charge on any atom is -0.481 e. The Bertz CT molecular complexity index is 1720. The van der Waals surface area contributed by atoms with Crippen molar-refractivity contribution in [2.24, 2.45) is 32.5 Å². The number of carbonyl (C=O) groups is 3. The normalized spacial score (nSPS) is 22.3. The summed E-state index contributed by atoms with van der Waals surface area (Å²) < 4.78 is 34.3. The zero-order chi connectivity index (χ0) is 65.4. The van der Waals surface area contributed by atoms with Crippen LogP contribution in [0, 0.1) is 32.5 Å². The molecule has 0 amide bonds. The van der Waals surface area contributed by atoms with Crippen molar-refractivity contribution >= 4 is 17.9 Å². The lowest BCUT2D eigenvalue weighted by atomic mass is 9.71. The van der Waals surface area contributed by atoms with Crippen LogP contribution < -0.4 is 0 Å². The van der Waals surface area contributed by atoms with E-state index in [-0.39, 0.29) is 47.5 Å². The maximum Gasteiger partial charge on any atom is 1.00 e. The molecule has 2 heterocycles. The summed E-state index contributed by atoms with van der Waals surface area (Å²) in [6, 6.07) is 0. The third kappa shape index (κ3) is 30.4. The first-order valence-electron chi connectivity index (χ1n) is 27.9. The largest absolute Gasteiger partial charge is 1.00 e. The van der Waals surface area contributed by atoms with Crippen molar-refractivity contribution in [2.45, 2.75) is 329 Å². The number of hydrogen-bond acceptors (Lipinski definition) is 21. The van der Waals surface area contributed by atoms with Crippen molar-refractivity contribution in [2.75, 3.05) is 0 Å². The molecule has 2 aliphatic rings. The molecular formula is C59H124O24+2. The second-order valence-corrected chi connectivity index (χ2v) is 26.4. The van der Waals surface area contributed by atoms with Crippen molar-refractivity contribution in [1.82, 2.24) is 0 Å². The summed E-state index contributed by atoms with van der Waals surface area (Å²) in [7, 11) is 0. The molecule has 0 bridgehead atoms. The maximum absolute atomic E-state index is 11.6. The summed E-state index contributed by atoms with van der Waals surface area (Å²) in [6.45, 7) is 40.5. The molecule has 2 aliphatic heterocycles. The second kappa shape index (κ2) is 35.6. The van der Waals surface area contributed by atoms with E-state index >= 15 is 0 Å². The lowest BCUT2D eigenvalue weighted by Gasteiger charge is -2.52. The number of carboxylic acids is 3. The molecule has 2 saturated heterocycles. The van der Waals surface area contributed by atoms with Crippen LogP contribution in [0.15, 0.2) is 0 Å². The summed E-state index contributed by atoms with van der Waals surface area (Å²) in [6.07, 6.45) is -12.4. The Morgan fingerprint density at radius 3 is 0.855 bits per heavy atom. The molecule has 0 spiro atoms. The highest BCUT2D eigenvalue weighted by Crippen LogP contribution is 2.49. The molecule has 0 aromatic carbocycles. The zero-order valence-electron chi connectivity index (χ0n) is 55.3. The highest BCUT2D eigenvalue weighted by molar-refractivity contribution is 5.74. The fourth-order valence-corrected chi connectivity index (χ4v) is 8.57. The lowest BCUT2D eigenvalue weighted by Crippen LogP contribution is -2.57. The predicted molar refractivity (Wildman–Crippen MR) is 315 cm³/mol. The summed E-state index contributed by atoms with van der Waals surface area (Å²) in [5, 5.41) is 138. The van der Waals surface area contributed by atoms with E-state index in [0.29, 0.717) is 19.3 Å². The van der Waals surface area contributed by atoms with Gasteiger partial charge in [0, 0.05) is 16.2 Å². The number of rotatable bonds is 28. The molecule has 502 valence electrons. The zero-order valence-corrected chi connectivity index (χ0v) is 53.3. The minimum absolute atomic E-state index is 0. The number of aliphatic hydroxyl groups is 12. The Morgan fingerprint density at radius 2 is 0.675 bits per heavy atom. The van der Waals surface area contributed by atoms with Crippen LogP contribution >= 0.6 is 0 Å². The number of ether oxygens (including phenoxy) is 6. The van der Waals surface area contributed by atoms with E-state index < -0.39 is 136 Å². The Morgan fingerprint density at radius 1 is 0.446 bits per heavy atom. The fraction of sp³-hybridized carbons (Fsp3) is 0.949. The van der Waals surface area contributed by atoms with Gasteiger partial charge in [-0.25, -0.2) is 0 Å². The first kappa shape index (κ1) is 89.4. The van der Waals surface area contributed by atoms with Crippen LogP contribution in [0.25, 0.3) is 0 Å². The number of aliphatic carboxylic acids is 3. The molecule has 0 aliphatic carbocycles. The topological polar surface area (TPSA) is 410 Å². The molecule has 16 atom stereocenters. The van der Waals surface area contributed by atoms with E-state index in [1.807, 2.05) is 62.3 Å². The summed E-state index contributed by atoms with van der Waals surface area (Å²) >= 11 is 0. The van der Waals surface area contributed by atoms with Gasteiger partial charge in [0.25, 0.3) is 0 Å². The van der Waals surface area contributed by atoms with Crippen molar-refractivity contribution in [1.29, 1.82) is 0 Å². The van der Waals surface area contributed by atoms with Crippen LogP contribution in [0.2, 0.25) is 0 Å². The highest BCUT2D eigenvalue weighted by Gasteiger charge is 2.53. The van der Waals surface area contributed by atoms with E-state index in [2.05, 4.69) is 0 Å². The van der Waals surface area contributed by atoms with Crippen molar-refractivity contribution in [3.05, 3.63) is 0 Å². The second-order valence-electron chi connectivity index (χ2n) is 26.4. The molecule has 0 saturated carbocycles. The lowest BCUT2D eigenvalue weighted by molar-refractivity contribution is -0.465. The average Bonchev–Trinajstić information content (AvgIpc) is 3.30. The van der Waals surface area contributed by atoms with E-state index in [9.17, 15) is 50.1 Å². The minimum atomic E-state index is -1.57. The standard InChI is InChI=1S/C19H38O8.2C13H24O4.2C6H14O4.2CH4/c1-9-19(8,10-17(4,5)15(23)24)16(27-18(6,7)25)26-12(3)14(22)13(21)11(2)20;2*1-7-13(6,8-11(2,3)9(14)15)10-16-12(4,5)17-10;2*1-3(7)5(9)6(10)4(2)8;;/h11-14,16,20-22,25H,9-10H2,1-8H3,(H,23,24);2*10H,7-8H2,1-6H3,(H,14,15);2*3-10H,1-2H3;2*1H4/p+2. The monoisotopic (exact) mass is 1220 g/mol. The molecular weight excluding hydrogens is 1090 g/mol. The molecule has 2 fully saturated rings. The third-order valence-electron chi connectivity index (χ3n) is 14.7. The molecule has 0 radical (unpaired) electrons. The molecule has 0 aromatic heterocycles. The summed E-state index contributed by atoms with van der Waals surface area (Å²) in [5.74, 6) is -5.17. The van der Waals surface area contributed by atoms with Gasteiger partial charge in [-0.1, -0.05) is 56.4 Å². The van der Waals surface area contributed by atoms with Crippen LogP contribution in [0.4, 0.5) is 0 Å². The Kier molecular flexibility index (Phi) is 38.4. The van der Waals surface area contributed by atoms with Crippen LogP contribution in [0.1, 0.15) is 222 Å². The molecule has 83 heavy (non-hydrogen) atoms. The fourth-order valence-electron chi connectivity index (χ4n) is 8.57. The summed E-state index contributed by atoms with van der Waals surface area (Å²) in [4.78, 5) is 34.0. The number of carboxylic acid groups (broad SMARTS) is 3. The first-order chi connectivity index (χ1) is 35.9. The maximum atomic E-state index is 11.6. The van der Waals surface area contributed by atoms with Crippen LogP contribution in [0.5, 0.6) is 0 Å². The smallest absolute Gasteiger partial charge is 0.481 e. The van der Waals surface area contributed by atoms with Gasteiger partial charge < -0.3 is 105 Å². The van der Waals surface area contributed by atoms with E-state index in [1.165, 1.54) is 55.4 Å². The molecule has 2 rings (SSSR count). The van der Waals surface area contributed by atoms with Gasteiger partial charge >= 0.3 is 20.8 Å². The van der Waals surface area contributed by atoms with Crippen molar-refractivity contribution in [3.8, 4) is 0 Å². The van der Waals surface area contributed by atoms with Crippen LogP contribution in [0.3, 0.4) is 0 Å². The Balaban J connectivity index is -0.000000185. The van der Waals surface area contributed by atoms with Gasteiger partial charge in [-0.05, 0) is 163 Å². The van der Waals surface area contributed by atoms with Crippen molar-refractivity contribution < 1.29 is 122 Å². The molecule has 16 unspecified atom stereocenters. The molecule has 24 heteroatoms. The molecule has 0 aromatic rings. The molecule has 24 nitrogen and oxygen atoms in total. The van der Waals surface area contributed by atoms with Gasteiger partial charge in [0.15, 0.2) is 36.2 Å². The Hall–Kier alpha value is -2.31. The third-order valence-corrected chi connectivity index (χ3v) is 14.7. The number of hydrogen-bond donors (Lipinski definition) is 15. The van der Waals surface area contributed by atoms with E-state index in [0.717, 1.165) is 12.8 Å². The Labute approximate surface area is 500 Å². The van der Waals surface area contributed by atoms with Gasteiger partial charge in [-0.15, -0.1) is 0 Å². The predicted octanol–water partition coefficient (Wildman–Crippen LogP) is 5.94. The highest BCUT2D eigenvalue weighted by atomic mass is 16.9. The first-order valence-corrected chi connectivity index (χ1v) is 27.9. The van der Waals surface area contributed by atoms with Gasteiger partial charge in [0.05, 0.1) is 52.9 Å². The summed E-state index contributed by atoms with van der Waals surface area (Å²) in [5.41, 5.74) is -3.95. The van der Waals surface area contributed by atoms with Gasteiger partial charge in [0.2, 0.25) is 0 Å². The van der Waals surface area contributed by atoms with Gasteiger partial charge in [0.1, 0.15) is 36.6 Å². The average molecular weight is 1220 g/mol. The number of aliphatic hydroxyl groups excluding tert-OH is 11. The van der Waals surface area contributed by atoms with Gasteiger partial charge in [-0.3, -0.25) is 14.4 Å². The quantitative estimate of drug-likeness (QED) is 0.0403. The van der Waals surface area contributed by atoms with Crippen molar-refractivity contribution in [3.63, 3.8) is 0 Å². The van der Waals surface area contributed by atoms with Crippen LogP contribution in [-0.2, 0) is 42.8 Å². The SMILES string of the molecule is C.C.CC(O)C(O)C(O)C(C)O.CC(O)C(O)C(O)C(C)O.CCC(C)(CC(C)(C)C(=O)O)C(OC(C)C(O)C(O)C(C)O)OC(C)(C)O.CCC(C)(CC(C)(C)C(=O)O)C1OC(C)(C)O1.CCC(C)(CC(C)(C)C(=O)O)C1OC(C)(C)O1.[H+].[H+]. The molecule has 15 N–H and O–H groups in total. The van der Waals surface area contributed by atoms with E-state index in [4.69, 9.17) is 69.3 Å². The van der Waals surface area contributed by atoms with Gasteiger partial charge in [-0.2, -0.15) is 0 Å².